The second-order valence-electron chi connectivity index (χ2n) is 7.01. The number of rotatable bonds is 6. The minimum atomic E-state index is -0.304. The standard InChI is InChI=1S/C21H25N3O3/c1-14(2)15-5-7-17(8-6-15)24-20(25)16-9-10-22-19(12-16)21(26)23-13-18-4-3-11-27-18/h5-10,12,14,18H,3-4,11,13H2,1-2H3,(H,23,26)(H,24,25). The quantitative estimate of drug-likeness (QED) is 0.820. The number of amides is 2. The van der Waals surface area contributed by atoms with Gasteiger partial charge in [0.05, 0.1) is 6.10 Å². The largest absolute Gasteiger partial charge is 0.376 e. The van der Waals surface area contributed by atoms with E-state index in [1.165, 1.54) is 17.8 Å². The highest BCUT2D eigenvalue weighted by molar-refractivity contribution is 6.05. The number of nitrogens with zero attached hydrogens (tertiary/aromatic N) is 1. The zero-order valence-electron chi connectivity index (χ0n) is 15.7. The molecule has 0 saturated carbocycles. The third-order valence-corrected chi connectivity index (χ3v) is 4.60. The number of benzene rings is 1. The molecule has 0 bridgehead atoms. The second kappa shape index (κ2) is 8.77. The topological polar surface area (TPSA) is 80.3 Å². The van der Waals surface area contributed by atoms with E-state index in [2.05, 4.69) is 29.5 Å². The summed E-state index contributed by atoms with van der Waals surface area (Å²) in [6.07, 6.45) is 3.50. The van der Waals surface area contributed by atoms with E-state index in [0.29, 0.717) is 23.7 Å². The van der Waals surface area contributed by atoms with Crippen molar-refractivity contribution < 1.29 is 14.3 Å². The fraction of sp³-hybridized carbons (Fsp3) is 0.381. The lowest BCUT2D eigenvalue weighted by atomic mass is 10.0. The van der Waals surface area contributed by atoms with Gasteiger partial charge in [0.15, 0.2) is 0 Å². The summed E-state index contributed by atoms with van der Waals surface area (Å²) in [5.41, 5.74) is 2.53. The molecule has 0 aliphatic carbocycles. The molecule has 2 aromatic rings. The summed E-state index contributed by atoms with van der Waals surface area (Å²) in [5.74, 6) is -0.144. The van der Waals surface area contributed by atoms with Crippen LogP contribution in [0.3, 0.4) is 0 Å². The fourth-order valence-corrected chi connectivity index (χ4v) is 2.95. The molecule has 1 aliphatic heterocycles. The Morgan fingerprint density at radius 1 is 1.19 bits per heavy atom. The molecule has 1 fully saturated rings. The van der Waals surface area contributed by atoms with Crippen LogP contribution >= 0.6 is 0 Å². The van der Waals surface area contributed by atoms with Crippen LogP contribution in [0, 0.1) is 0 Å². The van der Waals surface area contributed by atoms with Gasteiger partial charge in [-0.05, 0) is 48.6 Å². The Balaban J connectivity index is 1.61. The Morgan fingerprint density at radius 2 is 1.96 bits per heavy atom. The Hall–Kier alpha value is -2.73. The van der Waals surface area contributed by atoms with Gasteiger partial charge in [0.1, 0.15) is 5.69 Å². The predicted octanol–water partition coefficient (Wildman–Crippen LogP) is 3.37. The normalized spacial score (nSPS) is 16.3. The average Bonchev–Trinajstić information content (AvgIpc) is 3.20. The molecule has 1 aliphatic rings. The molecule has 3 rings (SSSR count). The Bertz CT molecular complexity index is 797. The van der Waals surface area contributed by atoms with Crippen LogP contribution in [0.15, 0.2) is 42.6 Å². The summed E-state index contributed by atoms with van der Waals surface area (Å²) >= 11 is 0. The van der Waals surface area contributed by atoms with Crippen LogP contribution in [-0.2, 0) is 4.74 Å². The van der Waals surface area contributed by atoms with Crippen molar-refractivity contribution in [1.82, 2.24) is 10.3 Å². The zero-order valence-corrected chi connectivity index (χ0v) is 15.7. The van der Waals surface area contributed by atoms with E-state index >= 15 is 0 Å². The molecule has 2 amide bonds. The summed E-state index contributed by atoms with van der Waals surface area (Å²) in [7, 11) is 0. The van der Waals surface area contributed by atoms with Gasteiger partial charge in [-0.25, -0.2) is 0 Å². The number of aromatic nitrogens is 1. The first-order chi connectivity index (χ1) is 13.0. The second-order valence-corrected chi connectivity index (χ2v) is 7.01. The number of hydrogen-bond acceptors (Lipinski definition) is 4. The molecule has 1 unspecified atom stereocenters. The molecule has 27 heavy (non-hydrogen) atoms. The zero-order chi connectivity index (χ0) is 19.2. The Labute approximate surface area is 159 Å². The molecule has 142 valence electrons. The first kappa shape index (κ1) is 19.0. The summed E-state index contributed by atoms with van der Waals surface area (Å²) in [6.45, 7) is 5.44. The maximum Gasteiger partial charge on any atom is 0.269 e. The monoisotopic (exact) mass is 367 g/mol. The molecule has 0 spiro atoms. The van der Waals surface area contributed by atoms with E-state index in [4.69, 9.17) is 4.74 Å². The van der Waals surface area contributed by atoms with Crippen LogP contribution in [0.25, 0.3) is 0 Å². The minimum Gasteiger partial charge on any atom is -0.376 e. The molecule has 1 atom stereocenters. The molecule has 1 aromatic carbocycles. The maximum atomic E-state index is 12.5. The molecule has 2 N–H and O–H groups in total. The van der Waals surface area contributed by atoms with E-state index in [9.17, 15) is 9.59 Å². The molecule has 6 nitrogen and oxygen atoms in total. The highest BCUT2D eigenvalue weighted by Crippen LogP contribution is 2.18. The number of nitrogens with one attached hydrogen (secondary N) is 2. The van der Waals surface area contributed by atoms with E-state index < -0.39 is 0 Å². The van der Waals surface area contributed by atoms with Gasteiger partial charge >= 0.3 is 0 Å². The van der Waals surface area contributed by atoms with Gasteiger partial charge in [-0.15, -0.1) is 0 Å². The lowest BCUT2D eigenvalue weighted by molar-refractivity contribution is 0.0853. The van der Waals surface area contributed by atoms with Crippen molar-refractivity contribution in [3.8, 4) is 0 Å². The number of anilines is 1. The molecule has 0 radical (unpaired) electrons. The molecule has 6 heteroatoms. The van der Waals surface area contributed by atoms with Gasteiger partial charge in [0, 0.05) is 30.6 Å². The van der Waals surface area contributed by atoms with Crippen molar-refractivity contribution in [2.24, 2.45) is 0 Å². The SMILES string of the molecule is CC(C)c1ccc(NC(=O)c2ccnc(C(=O)NCC3CCCO3)c2)cc1. The van der Waals surface area contributed by atoms with Crippen LogP contribution in [0.1, 0.15) is 59.0 Å². The minimum absolute atomic E-state index is 0.0641. The average molecular weight is 367 g/mol. The lowest BCUT2D eigenvalue weighted by Crippen LogP contribution is -2.32. The highest BCUT2D eigenvalue weighted by Gasteiger charge is 2.18. The lowest BCUT2D eigenvalue weighted by Gasteiger charge is -2.11. The highest BCUT2D eigenvalue weighted by atomic mass is 16.5. The van der Waals surface area contributed by atoms with Crippen LogP contribution in [0.2, 0.25) is 0 Å². The number of pyridine rings is 1. The molecule has 1 aromatic heterocycles. The van der Waals surface area contributed by atoms with Crippen LogP contribution in [0.4, 0.5) is 5.69 Å². The van der Waals surface area contributed by atoms with Crippen molar-refractivity contribution in [2.75, 3.05) is 18.5 Å². The number of hydrogen-bond donors (Lipinski definition) is 2. The van der Waals surface area contributed by atoms with Gasteiger partial charge in [0.25, 0.3) is 11.8 Å². The van der Waals surface area contributed by atoms with E-state index in [-0.39, 0.29) is 23.6 Å². The molecule has 1 saturated heterocycles. The first-order valence-electron chi connectivity index (χ1n) is 9.30. The van der Waals surface area contributed by atoms with E-state index in [0.717, 1.165) is 19.4 Å². The summed E-state index contributed by atoms with van der Waals surface area (Å²) in [4.78, 5) is 28.8. The van der Waals surface area contributed by atoms with Gasteiger partial charge in [0.2, 0.25) is 0 Å². The van der Waals surface area contributed by atoms with Gasteiger partial charge in [-0.1, -0.05) is 26.0 Å². The van der Waals surface area contributed by atoms with E-state index in [1.807, 2.05) is 24.3 Å². The van der Waals surface area contributed by atoms with Crippen LogP contribution in [-0.4, -0.2) is 36.1 Å². The van der Waals surface area contributed by atoms with E-state index in [1.54, 1.807) is 6.07 Å². The van der Waals surface area contributed by atoms with Crippen molar-refractivity contribution in [1.29, 1.82) is 0 Å². The number of carbonyl (C=O) groups excluding carboxylic acids is 2. The summed E-state index contributed by atoms with van der Waals surface area (Å²) in [6, 6.07) is 10.8. The molecular formula is C21H25N3O3. The smallest absolute Gasteiger partial charge is 0.269 e. The maximum absolute atomic E-state index is 12.5. The van der Waals surface area contributed by atoms with Crippen molar-refractivity contribution in [3.63, 3.8) is 0 Å². The van der Waals surface area contributed by atoms with Crippen molar-refractivity contribution >= 4 is 17.5 Å². The van der Waals surface area contributed by atoms with Crippen molar-refractivity contribution in [2.45, 2.75) is 38.7 Å². The first-order valence-corrected chi connectivity index (χ1v) is 9.30. The summed E-state index contributed by atoms with van der Waals surface area (Å²) in [5, 5.41) is 5.66. The van der Waals surface area contributed by atoms with Crippen molar-refractivity contribution in [3.05, 3.63) is 59.4 Å². The molecule has 2 heterocycles. The predicted molar refractivity (Wildman–Crippen MR) is 104 cm³/mol. The summed E-state index contributed by atoms with van der Waals surface area (Å²) < 4.78 is 5.49. The van der Waals surface area contributed by atoms with Crippen LogP contribution in [0.5, 0.6) is 0 Å². The fourth-order valence-electron chi connectivity index (χ4n) is 2.95. The third kappa shape index (κ3) is 5.14. The Kier molecular flexibility index (Phi) is 6.19. The van der Waals surface area contributed by atoms with Crippen LogP contribution < -0.4 is 10.6 Å². The Morgan fingerprint density at radius 3 is 2.63 bits per heavy atom. The molecular weight excluding hydrogens is 342 g/mol. The van der Waals surface area contributed by atoms with Gasteiger partial charge in [-0.2, -0.15) is 0 Å². The number of carbonyl (C=O) groups is 2. The van der Waals surface area contributed by atoms with Gasteiger partial charge < -0.3 is 15.4 Å². The number of ether oxygens (including phenoxy) is 1. The third-order valence-electron chi connectivity index (χ3n) is 4.60. The van der Waals surface area contributed by atoms with Gasteiger partial charge in [-0.3, -0.25) is 14.6 Å².